The van der Waals surface area contributed by atoms with Crippen LogP contribution in [0.5, 0.6) is 0 Å². The number of benzene rings is 1. The highest BCUT2D eigenvalue weighted by Crippen LogP contribution is 2.19. The Labute approximate surface area is 195 Å². The van der Waals surface area contributed by atoms with Gasteiger partial charge in [-0.2, -0.15) is 11.8 Å². The van der Waals surface area contributed by atoms with Gasteiger partial charge >= 0.3 is 0 Å². The third-order valence-corrected chi connectivity index (χ3v) is 7.21. The van der Waals surface area contributed by atoms with Crippen molar-refractivity contribution in [1.29, 1.82) is 0 Å². The predicted molar refractivity (Wildman–Crippen MR) is 130 cm³/mol. The highest BCUT2D eigenvalue weighted by molar-refractivity contribution is 7.98. The number of sulfonamides is 1. The first-order valence-electron chi connectivity index (χ1n) is 10.8. The van der Waals surface area contributed by atoms with Crippen LogP contribution in [0.15, 0.2) is 24.3 Å². The van der Waals surface area contributed by atoms with Gasteiger partial charge in [0.05, 0.1) is 25.5 Å². The lowest BCUT2D eigenvalue weighted by molar-refractivity contribution is -0.136. The second-order valence-electron chi connectivity index (χ2n) is 7.40. The van der Waals surface area contributed by atoms with Gasteiger partial charge in [0.25, 0.3) is 0 Å². The van der Waals surface area contributed by atoms with Gasteiger partial charge in [-0.15, -0.1) is 0 Å². The molecule has 2 N–H and O–H groups in total. The summed E-state index contributed by atoms with van der Waals surface area (Å²) in [5, 5.41) is 2.81. The van der Waals surface area contributed by atoms with Crippen LogP contribution in [0.25, 0.3) is 0 Å². The average molecular weight is 487 g/mol. The zero-order chi connectivity index (χ0) is 23.6. The number of nitrogens with one attached hydrogen (secondary N) is 2. The van der Waals surface area contributed by atoms with Gasteiger partial charge in [-0.05, 0) is 56.5 Å². The fraction of sp³-hybridized carbons (Fsp3) is 0.619. The van der Waals surface area contributed by atoms with Gasteiger partial charge in [-0.25, -0.2) is 13.1 Å². The molecular formula is C21H34N4O5S2. The summed E-state index contributed by atoms with van der Waals surface area (Å²) in [4.78, 5) is 29.1. The zero-order valence-electron chi connectivity index (χ0n) is 19.0. The van der Waals surface area contributed by atoms with Gasteiger partial charge in [0.2, 0.25) is 21.8 Å². The van der Waals surface area contributed by atoms with Crippen molar-refractivity contribution in [2.45, 2.75) is 26.3 Å². The number of likely N-dealkylation sites (N-methyl/N-ethyl adjacent to an activating group) is 1. The molecular weight excluding hydrogens is 452 g/mol. The molecule has 9 nitrogen and oxygen atoms in total. The molecule has 2 amide bonds. The smallest absolute Gasteiger partial charge is 0.243 e. The van der Waals surface area contributed by atoms with Gasteiger partial charge in [0, 0.05) is 31.0 Å². The number of rotatable bonds is 12. The molecule has 0 saturated carbocycles. The Hall–Kier alpha value is -1.82. The van der Waals surface area contributed by atoms with E-state index in [0.29, 0.717) is 37.6 Å². The Bertz CT molecular complexity index is 842. The van der Waals surface area contributed by atoms with E-state index in [1.165, 1.54) is 23.6 Å². The quantitative estimate of drug-likeness (QED) is 0.459. The van der Waals surface area contributed by atoms with E-state index in [-0.39, 0.29) is 18.2 Å². The summed E-state index contributed by atoms with van der Waals surface area (Å²) in [5.41, 5.74) is 1.71. The lowest BCUT2D eigenvalue weighted by atomic mass is 10.2. The fourth-order valence-electron chi connectivity index (χ4n) is 3.29. The van der Waals surface area contributed by atoms with Crippen LogP contribution in [0.2, 0.25) is 0 Å². The van der Waals surface area contributed by atoms with Crippen molar-refractivity contribution in [2.75, 3.05) is 67.4 Å². The van der Waals surface area contributed by atoms with E-state index >= 15 is 0 Å². The summed E-state index contributed by atoms with van der Waals surface area (Å²) >= 11 is 1.53. The highest BCUT2D eigenvalue weighted by Gasteiger charge is 2.28. The minimum atomic E-state index is -3.55. The molecule has 1 aliphatic heterocycles. The monoisotopic (exact) mass is 486 g/mol. The molecule has 1 unspecified atom stereocenters. The number of carbonyl (C=O) groups excluding carboxylic acids is 2. The lowest BCUT2D eigenvalue weighted by Crippen LogP contribution is -2.50. The summed E-state index contributed by atoms with van der Waals surface area (Å²) in [6, 6.07) is 6.67. The van der Waals surface area contributed by atoms with E-state index in [0.717, 1.165) is 18.8 Å². The van der Waals surface area contributed by atoms with Crippen molar-refractivity contribution in [3.05, 3.63) is 24.3 Å². The number of ether oxygens (including phenoxy) is 1. The van der Waals surface area contributed by atoms with Crippen molar-refractivity contribution in [2.24, 2.45) is 0 Å². The molecule has 1 saturated heterocycles. The Morgan fingerprint density at radius 2 is 1.84 bits per heavy atom. The molecule has 0 aromatic heterocycles. The average Bonchev–Trinajstić information content (AvgIpc) is 2.80. The van der Waals surface area contributed by atoms with E-state index in [1.807, 2.05) is 30.5 Å². The van der Waals surface area contributed by atoms with Crippen molar-refractivity contribution in [3.63, 3.8) is 0 Å². The second-order valence-corrected chi connectivity index (χ2v) is 10.4. The van der Waals surface area contributed by atoms with E-state index in [1.54, 1.807) is 6.92 Å². The molecule has 0 aliphatic carbocycles. The maximum absolute atomic E-state index is 13.0. The molecule has 180 valence electrons. The van der Waals surface area contributed by atoms with E-state index < -0.39 is 22.0 Å². The lowest BCUT2D eigenvalue weighted by Gasteiger charge is -2.29. The molecule has 1 aromatic rings. The minimum Gasteiger partial charge on any atom is -0.378 e. The molecule has 1 atom stereocenters. The van der Waals surface area contributed by atoms with Crippen LogP contribution in [-0.4, -0.2) is 88.3 Å². The summed E-state index contributed by atoms with van der Waals surface area (Å²) in [5.74, 6) is -0.206. The highest BCUT2D eigenvalue weighted by atomic mass is 32.2. The molecule has 0 spiro atoms. The molecule has 1 fully saturated rings. The van der Waals surface area contributed by atoms with E-state index in [2.05, 4.69) is 14.9 Å². The van der Waals surface area contributed by atoms with Crippen LogP contribution in [0.1, 0.15) is 20.3 Å². The fourth-order valence-corrected chi connectivity index (χ4v) is 4.58. The summed E-state index contributed by atoms with van der Waals surface area (Å²) < 4.78 is 31.9. The number of amides is 2. The summed E-state index contributed by atoms with van der Waals surface area (Å²) in [7, 11) is -3.55. The molecule has 0 radical (unpaired) electrons. The number of anilines is 2. The van der Waals surface area contributed by atoms with Gasteiger partial charge in [-0.3, -0.25) is 9.59 Å². The van der Waals surface area contributed by atoms with Gasteiger partial charge < -0.3 is 19.9 Å². The van der Waals surface area contributed by atoms with Gasteiger partial charge in [-0.1, -0.05) is 0 Å². The van der Waals surface area contributed by atoms with Crippen LogP contribution < -0.4 is 14.9 Å². The number of hydrogen-bond acceptors (Lipinski definition) is 7. The maximum Gasteiger partial charge on any atom is 0.243 e. The predicted octanol–water partition coefficient (Wildman–Crippen LogP) is 1.37. The number of morpholine rings is 1. The number of carbonyl (C=O) groups is 2. The van der Waals surface area contributed by atoms with Crippen molar-refractivity contribution >= 4 is 45.0 Å². The zero-order valence-corrected chi connectivity index (χ0v) is 20.6. The van der Waals surface area contributed by atoms with Crippen LogP contribution in [0, 0.1) is 0 Å². The molecule has 1 heterocycles. The molecule has 1 aromatic carbocycles. The van der Waals surface area contributed by atoms with Crippen LogP contribution >= 0.6 is 11.8 Å². The molecule has 11 heteroatoms. The van der Waals surface area contributed by atoms with Crippen LogP contribution in [0.4, 0.5) is 11.4 Å². The molecule has 1 aliphatic rings. The maximum atomic E-state index is 13.0. The largest absolute Gasteiger partial charge is 0.378 e. The van der Waals surface area contributed by atoms with Crippen LogP contribution in [-0.2, 0) is 24.3 Å². The third kappa shape index (κ3) is 8.27. The first-order chi connectivity index (χ1) is 15.3. The number of thioether (sulfide) groups is 1. The standard InChI is InChI=1S/C21H34N4O5S2/c1-4-24(21(27)19(10-15-31-3)23-32(28,29)5-2)16-20(26)22-17-6-8-18(9-7-17)25-11-13-30-14-12-25/h6-9,19,23H,4-5,10-16H2,1-3H3,(H,22,26). The topological polar surface area (TPSA) is 108 Å². The van der Waals surface area contributed by atoms with Crippen molar-refractivity contribution < 1.29 is 22.7 Å². The Balaban J connectivity index is 1.98. The third-order valence-electron chi connectivity index (χ3n) is 5.17. The molecule has 2 rings (SSSR count). The SMILES string of the molecule is CCN(CC(=O)Nc1ccc(N2CCOCC2)cc1)C(=O)C(CCSC)NS(=O)(=O)CC. The van der Waals surface area contributed by atoms with Gasteiger partial charge in [0.1, 0.15) is 6.04 Å². The first kappa shape index (κ1) is 26.4. The van der Waals surface area contributed by atoms with Crippen LogP contribution in [0.3, 0.4) is 0 Å². The van der Waals surface area contributed by atoms with E-state index in [4.69, 9.17) is 4.74 Å². The minimum absolute atomic E-state index is 0.108. The molecule has 0 bridgehead atoms. The Morgan fingerprint density at radius 3 is 2.41 bits per heavy atom. The van der Waals surface area contributed by atoms with Crippen molar-refractivity contribution in [3.8, 4) is 0 Å². The first-order valence-corrected chi connectivity index (χ1v) is 13.8. The van der Waals surface area contributed by atoms with E-state index in [9.17, 15) is 18.0 Å². The number of nitrogens with zero attached hydrogens (tertiary/aromatic N) is 2. The number of hydrogen-bond donors (Lipinski definition) is 2. The Kier molecular flexibility index (Phi) is 10.8. The summed E-state index contributed by atoms with van der Waals surface area (Å²) in [6.07, 6.45) is 2.26. The van der Waals surface area contributed by atoms with Gasteiger partial charge in [0.15, 0.2) is 0 Å². The summed E-state index contributed by atoms with van der Waals surface area (Å²) in [6.45, 7) is 6.50. The second kappa shape index (κ2) is 13.0. The molecule has 32 heavy (non-hydrogen) atoms. The van der Waals surface area contributed by atoms with Crippen molar-refractivity contribution in [1.82, 2.24) is 9.62 Å². The normalized spacial score (nSPS) is 15.3. The Morgan fingerprint density at radius 1 is 1.19 bits per heavy atom.